The zero-order valence-corrected chi connectivity index (χ0v) is 23.9. The smallest absolute Gasteiger partial charge is 0.212 e. The van der Waals surface area contributed by atoms with Crippen molar-refractivity contribution in [2.45, 2.75) is 13.5 Å². The summed E-state index contributed by atoms with van der Waals surface area (Å²) in [6.07, 6.45) is 7.49. The molecule has 10 heteroatoms. The van der Waals surface area contributed by atoms with Crippen LogP contribution >= 0.6 is 0 Å². The molecule has 0 fully saturated rings. The van der Waals surface area contributed by atoms with E-state index in [0.717, 1.165) is 35.3 Å². The van der Waals surface area contributed by atoms with Gasteiger partial charge in [-0.25, -0.2) is 9.37 Å². The average molecular weight is 570 g/mol. The second kappa shape index (κ2) is 14.0. The summed E-state index contributed by atoms with van der Waals surface area (Å²) in [4.78, 5) is 33.0. The molecule has 0 saturated carbocycles. The Bertz CT molecular complexity index is 1700. The first kappa shape index (κ1) is 29.9. The van der Waals surface area contributed by atoms with Crippen LogP contribution in [0.4, 0.5) is 10.2 Å². The molecule has 0 saturated heterocycles. The SMILES string of the molecule is COc1ccc2nccc(Oc3ccc(NC=O)nc3)c2c1.Cc1cn(CCN(C)C)cc(-c2ccc(F)cc2)c1=O. The molecule has 216 valence electrons. The third-order valence-corrected chi connectivity index (χ3v) is 6.30. The fourth-order valence-corrected chi connectivity index (χ4v) is 4.09. The first-order valence-corrected chi connectivity index (χ1v) is 13.2. The number of pyridine rings is 3. The lowest BCUT2D eigenvalue weighted by Crippen LogP contribution is -2.20. The number of anilines is 1. The third-order valence-electron chi connectivity index (χ3n) is 6.30. The summed E-state index contributed by atoms with van der Waals surface area (Å²) in [5.74, 6) is 2.11. The molecular formula is C32H32FN5O4. The Kier molecular flexibility index (Phi) is 9.96. The van der Waals surface area contributed by atoms with Gasteiger partial charge in [-0.2, -0.15) is 0 Å². The van der Waals surface area contributed by atoms with E-state index in [4.69, 9.17) is 9.47 Å². The summed E-state index contributed by atoms with van der Waals surface area (Å²) < 4.78 is 26.1. The number of fused-ring (bicyclic) bond motifs is 1. The number of halogens is 1. The van der Waals surface area contributed by atoms with Gasteiger partial charge in [0.1, 0.15) is 28.9 Å². The minimum absolute atomic E-state index is 0.00212. The molecule has 1 amide bonds. The normalized spacial score (nSPS) is 10.6. The summed E-state index contributed by atoms with van der Waals surface area (Å²) in [7, 11) is 5.63. The van der Waals surface area contributed by atoms with E-state index in [1.807, 2.05) is 56.2 Å². The minimum Gasteiger partial charge on any atom is -0.497 e. The molecule has 5 rings (SSSR count). The molecule has 42 heavy (non-hydrogen) atoms. The van der Waals surface area contributed by atoms with Crippen molar-refractivity contribution < 1.29 is 18.7 Å². The maximum Gasteiger partial charge on any atom is 0.212 e. The molecule has 0 spiro atoms. The van der Waals surface area contributed by atoms with Crippen LogP contribution in [0.15, 0.2) is 90.2 Å². The maximum atomic E-state index is 13.0. The van der Waals surface area contributed by atoms with Crippen molar-refractivity contribution in [3.8, 4) is 28.4 Å². The van der Waals surface area contributed by atoms with Gasteiger partial charge in [-0.3, -0.25) is 14.6 Å². The fourth-order valence-electron chi connectivity index (χ4n) is 4.09. The highest BCUT2D eigenvalue weighted by Crippen LogP contribution is 2.31. The van der Waals surface area contributed by atoms with E-state index in [-0.39, 0.29) is 11.2 Å². The number of hydrogen-bond donors (Lipinski definition) is 1. The van der Waals surface area contributed by atoms with Gasteiger partial charge in [-0.05, 0) is 75.1 Å². The fraction of sp³-hybridized carbons (Fsp3) is 0.188. The number of methoxy groups -OCH3 is 1. The van der Waals surface area contributed by atoms with Crippen LogP contribution in [0.25, 0.3) is 22.0 Å². The van der Waals surface area contributed by atoms with Crippen LogP contribution in [0.3, 0.4) is 0 Å². The molecule has 2 aromatic carbocycles. The summed E-state index contributed by atoms with van der Waals surface area (Å²) >= 11 is 0. The van der Waals surface area contributed by atoms with E-state index in [9.17, 15) is 14.0 Å². The van der Waals surface area contributed by atoms with Crippen LogP contribution in [0, 0.1) is 12.7 Å². The van der Waals surface area contributed by atoms with Crippen molar-refractivity contribution in [2.75, 3.05) is 33.1 Å². The van der Waals surface area contributed by atoms with Crippen molar-refractivity contribution in [3.63, 3.8) is 0 Å². The van der Waals surface area contributed by atoms with Gasteiger partial charge < -0.3 is 24.3 Å². The Labute approximate surface area is 243 Å². The van der Waals surface area contributed by atoms with Gasteiger partial charge in [0.25, 0.3) is 0 Å². The number of rotatable bonds is 9. The summed E-state index contributed by atoms with van der Waals surface area (Å²) in [5, 5.41) is 3.31. The van der Waals surface area contributed by atoms with Gasteiger partial charge in [-0.1, -0.05) is 12.1 Å². The van der Waals surface area contributed by atoms with Crippen LogP contribution in [0.5, 0.6) is 17.2 Å². The number of aromatic nitrogens is 3. The van der Waals surface area contributed by atoms with E-state index in [0.29, 0.717) is 34.9 Å². The molecule has 0 aliphatic carbocycles. The second-order valence-corrected chi connectivity index (χ2v) is 9.67. The molecule has 3 aromatic heterocycles. The first-order chi connectivity index (χ1) is 20.3. The number of carbonyl (C=O) groups excluding carboxylic acids is 1. The summed E-state index contributed by atoms with van der Waals surface area (Å²) in [5.41, 5.74) is 2.87. The lowest BCUT2D eigenvalue weighted by molar-refractivity contribution is -0.105. The number of likely N-dealkylation sites (N-methyl/N-ethyl adjacent to an activating group) is 1. The van der Waals surface area contributed by atoms with Crippen molar-refractivity contribution in [1.82, 2.24) is 19.4 Å². The molecule has 0 bridgehead atoms. The van der Waals surface area contributed by atoms with Gasteiger partial charge in [0.05, 0.1) is 18.8 Å². The molecule has 3 heterocycles. The molecule has 0 atom stereocenters. The van der Waals surface area contributed by atoms with Crippen LogP contribution < -0.4 is 20.2 Å². The maximum absolute atomic E-state index is 13.0. The Morgan fingerprint density at radius 2 is 1.76 bits per heavy atom. The van der Waals surface area contributed by atoms with E-state index >= 15 is 0 Å². The highest BCUT2D eigenvalue weighted by molar-refractivity contribution is 5.86. The van der Waals surface area contributed by atoms with E-state index in [1.54, 1.807) is 43.6 Å². The molecular weight excluding hydrogens is 537 g/mol. The Morgan fingerprint density at radius 1 is 1.00 bits per heavy atom. The standard InChI is InChI=1S/C16H19FN2O.C16H13N3O3/c1-12-10-19(9-8-18(2)3)11-15(16(12)20)13-4-6-14(17)7-5-13;1-21-11-2-4-14-13(8-11)15(6-7-17-14)22-12-3-5-16(18-9-12)19-10-20/h4-7,10-11H,8-9H2,1-3H3;2-10H,1H3,(H,18,19,20). The largest absolute Gasteiger partial charge is 0.497 e. The predicted molar refractivity (Wildman–Crippen MR) is 162 cm³/mol. The van der Waals surface area contributed by atoms with Gasteiger partial charge in [0, 0.05) is 48.2 Å². The third kappa shape index (κ3) is 7.76. The monoisotopic (exact) mass is 569 g/mol. The Balaban J connectivity index is 0.000000194. The summed E-state index contributed by atoms with van der Waals surface area (Å²) in [6, 6.07) is 16.8. The number of aryl methyl sites for hydroxylation is 1. The zero-order chi connectivity index (χ0) is 30.1. The number of ether oxygens (including phenoxy) is 2. The van der Waals surface area contributed by atoms with Gasteiger partial charge in [-0.15, -0.1) is 0 Å². The zero-order valence-electron chi connectivity index (χ0n) is 23.9. The molecule has 0 radical (unpaired) electrons. The van der Waals surface area contributed by atoms with E-state index in [2.05, 4.69) is 20.2 Å². The molecule has 0 aliphatic heterocycles. The first-order valence-electron chi connectivity index (χ1n) is 13.2. The van der Waals surface area contributed by atoms with Crippen molar-refractivity contribution in [1.29, 1.82) is 0 Å². The quantitative estimate of drug-likeness (QED) is 0.233. The summed E-state index contributed by atoms with van der Waals surface area (Å²) in [6.45, 7) is 3.51. The number of nitrogens with one attached hydrogen (secondary N) is 1. The van der Waals surface area contributed by atoms with Gasteiger partial charge in [0.15, 0.2) is 5.43 Å². The lowest BCUT2D eigenvalue weighted by Gasteiger charge is -2.14. The van der Waals surface area contributed by atoms with Crippen molar-refractivity contribution in [3.05, 3.63) is 107 Å². The molecule has 0 aliphatic rings. The van der Waals surface area contributed by atoms with Crippen LogP contribution in [-0.2, 0) is 11.3 Å². The molecule has 9 nitrogen and oxygen atoms in total. The number of carbonyl (C=O) groups is 1. The number of hydrogen-bond acceptors (Lipinski definition) is 7. The number of benzene rings is 2. The molecule has 5 aromatic rings. The molecule has 0 unspecified atom stereocenters. The lowest BCUT2D eigenvalue weighted by atomic mass is 10.1. The topological polar surface area (TPSA) is 98.6 Å². The van der Waals surface area contributed by atoms with Crippen molar-refractivity contribution >= 4 is 23.1 Å². The Hall–Kier alpha value is -5.09. The van der Waals surface area contributed by atoms with Crippen LogP contribution in [0.1, 0.15) is 5.56 Å². The number of amides is 1. The second-order valence-electron chi connectivity index (χ2n) is 9.67. The number of nitrogens with zero attached hydrogens (tertiary/aromatic N) is 4. The van der Waals surface area contributed by atoms with Gasteiger partial charge in [0.2, 0.25) is 6.41 Å². The molecule has 1 N–H and O–H groups in total. The van der Waals surface area contributed by atoms with Crippen molar-refractivity contribution in [2.24, 2.45) is 0 Å². The van der Waals surface area contributed by atoms with E-state index < -0.39 is 0 Å². The highest BCUT2D eigenvalue weighted by atomic mass is 19.1. The Morgan fingerprint density at radius 3 is 2.43 bits per heavy atom. The minimum atomic E-state index is -0.297. The van der Waals surface area contributed by atoms with Crippen LogP contribution in [0.2, 0.25) is 0 Å². The van der Waals surface area contributed by atoms with Crippen LogP contribution in [-0.4, -0.2) is 53.6 Å². The highest BCUT2D eigenvalue weighted by Gasteiger charge is 2.08. The predicted octanol–water partition coefficient (Wildman–Crippen LogP) is 5.52. The van der Waals surface area contributed by atoms with Gasteiger partial charge >= 0.3 is 0 Å². The average Bonchev–Trinajstić information content (AvgIpc) is 2.99. The van der Waals surface area contributed by atoms with E-state index in [1.165, 1.54) is 18.3 Å².